The lowest BCUT2D eigenvalue weighted by molar-refractivity contribution is -0.118. The molecule has 88 valence electrons. The zero-order chi connectivity index (χ0) is 12.4. The Bertz CT molecular complexity index is 508. The molecule has 1 amide bonds. The lowest BCUT2D eigenvalue weighted by Crippen LogP contribution is -2.30. The van der Waals surface area contributed by atoms with Crippen molar-refractivity contribution in [3.8, 4) is 11.8 Å². The van der Waals surface area contributed by atoms with Gasteiger partial charge in [-0.25, -0.2) is 0 Å². The van der Waals surface area contributed by atoms with Crippen LogP contribution in [0.25, 0.3) is 0 Å². The number of hydrogen-bond acceptors (Lipinski definition) is 3. The van der Waals surface area contributed by atoms with Gasteiger partial charge in [0.15, 0.2) is 0 Å². The number of nitriles is 1. The first kappa shape index (κ1) is 11.9. The van der Waals surface area contributed by atoms with Gasteiger partial charge in [-0.1, -0.05) is 0 Å². The third-order valence-electron chi connectivity index (χ3n) is 2.81. The lowest BCUT2D eigenvalue weighted by Gasteiger charge is -2.20. The summed E-state index contributed by atoms with van der Waals surface area (Å²) in [5.74, 6) is 0.0217. The van der Waals surface area contributed by atoms with Gasteiger partial charge in [0.05, 0.1) is 16.2 Å². The predicted octanol–water partition coefficient (Wildman–Crippen LogP) is 2.35. The smallest absolute Gasteiger partial charge is 0.227 e. The van der Waals surface area contributed by atoms with Gasteiger partial charge in [-0.15, -0.1) is 0 Å². The molecule has 1 aromatic rings. The van der Waals surface area contributed by atoms with Crippen molar-refractivity contribution in [3.63, 3.8) is 0 Å². The van der Waals surface area contributed by atoms with Gasteiger partial charge in [0.25, 0.3) is 0 Å². The van der Waals surface area contributed by atoms with Gasteiger partial charge in [0.2, 0.25) is 5.91 Å². The molecule has 0 fully saturated rings. The summed E-state index contributed by atoms with van der Waals surface area (Å²) in [5.41, 5.74) is 1.63. The maximum Gasteiger partial charge on any atom is 0.227 e. The second kappa shape index (κ2) is 4.76. The van der Waals surface area contributed by atoms with E-state index in [1.807, 2.05) is 12.1 Å². The highest BCUT2D eigenvalue weighted by molar-refractivity contribution is 9.10. The van der Waals surface area contributed by atoms with Gasteiger partial charge < -0.3 is 5.11 Å². The second-order valence-electron chi connectivity index (χ2n) is 3.92. The van der Waals surface area contributed by atoms with E-state index < -0.39 is 0 Å². The Labute approximate surface area is 108 Å². The van der Waals surface area contributed by atoms with Crippen molar-refractivity contribution in [1.29, 1.82) is 5.26 Å². The van der Waals surface area contributed by atoms with Gasteiger partial charge >= 0.3 is 0 Å². The van der Waals surface area contributed by atoms with Gasteiger partial charge in [0, 0.05) is 12.5 Å². The molecule has 4 nitrogen and oxygen atoms in total. The van der Waals surface area contributed by atoms with Crippen molar-refractivity contribution in [2.45, 2.75) is 19.3 Å². The van der Waals surface area contributed by atoms with Gasteiger partial charge in [-0.2, -0.15) is 5.26 Å². The normalized spacial score (nSPS) is 15.1. The summed E-state index contributed by atoms with van der Waals surface area (Å²) in [5, 5.41) is 18.4. The number of fused-ring (bicyclic) bond motifs is 1. The van der Waals surface area contributed by atoms with Crippen LogP contribution in [-0.2, 0) is 11.2 Å². The van der Waals surface area contributed by atoms with Gasteiger partial charge in [-0.3, -0.25) is 9.69 Å². The molecular formula is C12H11BrN2O2. The number of rotatable bonds is 1. The summed E-state index contributed by atoms with van der Waals surface area (Å²) in [6, 6.07) is 5.34. The molecule has 0 aliphatic carbocycles. The maximum absolute atomic E-state index is 11.8. The molecular weight excluding hydrogens is 284 g/mol. The molecule has 0 atom stereocenters. The first-order valence-electron chi connectivity index (χ1n) is 5.32. The molecule has 1 aliphatic heterocycles. The van der Waals surface area contributed by atoms with Crippen LogP contribution >= 0.6 is 15.9 Å². The van der Waals surface area contributed by atoms with Gasteiger partial charge in [-0.05, 0) is 40.4 Å². The zero-order valence-corrected chi connectivity index (χ0v) is 10.7. The number of anilines is 1. The zero-order valence-electron chi connectivity index (χ0n) is 9.11. The quantitative estimate of drug-likeness (QED) is 0.809. The van der Waals surface area contributed by atoms with Crippen molar-refractivity contribution in [3.05, 3.63) is 22.2 Å². The summed E-state index contributed by atoms with van der Waals surface area (Å²) in [6.45, 7) is 0.0207. The van der Waals surface area contributed by atoms with E-state index in [1.165, 1.54) is 4.90 Å². The monoisotopic (exact) mass is 294 g/mol. The van der Waals surface area contributed by atoms with E-state index in [1.54, 1.807) is 6.07 Å². The van der Waals surface area contributed by atoms with Crippen LogP contribution in [-0.4, -0.2) is 17.6 Å². The first-order valence-corrected chi connectivity index (χ1v) is 6.11. The number of hydrogen-bond donors (Lipinski definition) is 1. The highest BCUT2D eigenvalue weighted by Gasteiger charge is 2.23. The fourth-order valence-corrected chi connectivity index (χ4v) is 2.38. The standard InChI is InChI=1S/C12H11BrN2O2/c13-9-6-8-2-1-3-12(17)15(5-4-14)10(8)7-11(9)16/h6-7,16H,1-3,5H2. The van der Waals surface area contributed by atoms with Gasteiger partial charge in [0.1, 0.15) is 12.3 Å². The van der Waals surface area contributed by atoms with Crippen molar-refractivity contribution < 1.29 is 9.90 Å². The number of carbonyl (C=O) groups is 1. The molecule has 17 heavy (non-hydrogen) atoms. The highest BCUT2D eigenvalue weighted by Crippen LogP contribution is 2.35. The molecule has 5 heteroatoms. The largest absolute Gasteiger partial charge is 0.507 e. The SMILES string of the molecule is N#CCN1C(=O)CCCc2cc(Br)c(O)cc21. The third-order valence-corrected chi connectivity index (χ3v) is 3.44. The highest BCUT2D eigenvalue weighted by atomic mass is 79.9. The van der Waals surface area contributed by atoms with Crippen molar-refractivity contribution in [2.75, 3.05) is 11.4 Å². The molecule has 1 aliphatic rings. The van der Waals surface area contributed by atoms with Crippen LogP contribution in [0.4, 0.5) is 5.69 Å². The van der Waals surface area contributed by atoms with Crippen molar-refractivity contribution in [1.82, 2.24) is 0 Å². The summed E-state index contributed by atoms with van der Waals surface area (Å²) in [6.07, 6.45) is 1.99. The second-order valence-corrected chi connectivity index (χ2v) is 4.78. The van der Waals surface area contributed by atoms with Crippen LogP contribution < -0.4 is 4.90 Å². The minimum Gasteiger partial charge on any atom is -0.507 e. The van der Waals surface area contributed by atoms with Crippen LogP contribution in [0, 0.1) is 11.3 Å². The number of aryl methyl sites for hydroxylation is 1. The molecule has 0 spiro atoms. The topological polar surface area (TPSA) is 64.3 Å². The van der Waals surface area contributed by atoms with E-state index in [4.69, 9.17) is 5.26 Å². The Morgan fingerprint density at radius 3 is 2.94 bits per heavy atom. The molecule has 2 rings (SSSR count). The predicted molar refractivity (Wildman–Crippen MR) is 66.7 cm³/mol. The number of carbonyl (C=O) groups excluding carboxylic acids is 1. The number of phenols is 1. The lowest BCUT2D eigenvalue weighted by atomic mass is 10.1. The maximum atomic E-state index is 11.8. The molecule has 0 saturated heterocycles. The van der Waals surface area contributed by atoms with Crippen LogP contribution in [0.3, 0.4) is 0 Å². The Kier molecular flexibility index (Phi) is 3.34. The van der Waals surface area contributed by atoms with E-state index in [0.29, 0.717) is 16.6 Å². The Morgan fingerprint density at radius 2 is 2.24 bits per heavy atom. The van der Waals surface area contributed by atoms with Crippen LogP contribution in [0.5, 0.6) is 5.75 Å². The number of amides is 1. The molecule has 0 bridgehead atoms. The summed E-state index contributed by atoms with van der Waals surface area (Å²) in [4.78, 5) is 13.3. The van der Waals surface area contributed by atoms with Crippen LogP contribution in [0.1, 0.15) is 18.4 Å². The van der Waals surface area contributed by atoms with Crippen LogP contribution in [0.2, 0.25) is 0 Å². The Hall–Kier alpha value is -1.54. The molecule has 1 heterocycles. The molecule has 1 N–H and O–H groups in total. The summed E-state index contributed by atoms with van der Waals surface area (Å²) in [7, 11) is 0. The molecule has 1 aromatic carbocycles. The first-order chi connectivity index (χ1) is 8.13. The fourth-order valence-electron chi connectivity index (χ4n) is 1.99. The number of phenolic OH excluding ortho intramolecular Hbond substituents is 1. The number of nitrogens with zero attached hydrogens (tertiary/aromatic N) is 2. The van der Waals surface area contributed by atoms with Crippen molar-refractivity contribution >= 4 is 27.5 Å². The number of aromatic hydroxyl groups is 1. The molecule has 0 radical (unpaired) electrons. The Morgan fingerprint density at radius 1 is 1.47 bits per heavy atom. The summed E-state index contributed by atoms with van der Waals surface area (Å²) >= 11 is 3.26. The molecule has 0 aromatic heterocycles. The average molecular weight is 295 g/mol. The Balaban J connectivity index is 2.53. The van der Waals surface area contributed by atoms with Crippen LogP contribution in [0.15, 0.2) is 16.6 Å². The van der Waals surface area contributed by atoms with E-state index in [9.17, 15) is 9.90 Å². The third kappa shape index (κ3) is 2.27. The number of benzene rings is 1. The van der Waals surface area contributed by atoms with E-state index in [2.05, 4.69) is 15.9 Å². The van der Waals surface area contributed by atoms with E-state index in [0.717, 1.165) is 18.4 Å². The van der Waals surface area contributed by atoms with Crippen molar-refractivity contribution in [2.24, 2.45) is 0 Å². The average Bonchev–Trinajstić information content (AvgIpc) is 2.42. The molecule has 0 unspecified atom stereocenters. The van der Waals surface area contributed by atoms with E-state index >= 15 is 0 Å². The molecule has 0 saturated carbocycles. The minimum absolute atomic E-state index is 0.0207. The minimum atomic E-state index is -0.0629. The fraction of sp³-hybridized carbons (Fsp3) is 0.333. The number of halogens is 1. The van der Waals surface area contributed by atoms with E-state index in [-0.39, 0.29) is 18.2 Å². The summed E-state index contributed by atoms with van der Waals surface area (Å²) < 4.78 is 0.613.